The van der Waals surface area contributed by atoms with Gasteiger partial charge in [0.2, 0.25) is 11.8 Å². The molecule has 2 saturated heterocycles. The fourth-order valence-electron chi connectivity index (χ4n) is 6.02. The second-order valence-corrected chi connectivity index (χ2v) is 10.5. The molecule has 3 aliphatic rings. The number of fused-ring (bicyclic) bond motifs is 2. The first-order valence-electron chi connectivity index (χ1n) is 13.4. The molecular formula is C27H36FN5O4. The number of aryl methyl sites for hydroxylation is 1. The summed E-state index contributed by atoms with van der Waals surface area (Å²) >= 11 is 0. The lowest BCUT2D eigenvalue weighted by Crippen LogP contribution is -2.55. The van der Waals surface area contributed by atoms with Crippen molar-refractivity contribution >= 4 is 11.8 Å². The minimum absolute atomic E-state index is 0.0212. The highest BCUT2D eigenvalue weighted by atomic mass is 19.1. The van der Waals surface area contributed by atoms with Crippen molar-refractivity contribution in [3.05, 3.63) is 47.5 Å². The quantitative estimate of drug-likeness (QED) is 0.663. The molecule has 0 aliphatic carbocycles. The van der Waals surface area contributed by atoms with Crippen LogP contribution in [-0.2, 0) is 37.6 Å². The lowest BCUT2D eigenvalue weighted by atomic mass is 9.70. The number of halogens is 1. The minimum Gasteiger partial charge on any atom is -0.381 e. The van der Waals surface area contributed by atoms with Gasteiger partial charge in [-0.25, -0.2) is 4.39 Å². The van der Waals surface area contributed by atoms with Crippen molar-refractivity contribution in [1.29, 1.82) is 0 Å². The van der Waals surface area contributed by atoms with E-state index in [1.54, 1.807) is 6.07 Å². The van der Waals surface area contributed by atoms with Crippen LogP contribution in [0.15, 0.2) is 30.5 Å². The molecule has 2 aromatic rings. The van der Waals surface area contributed by atoms with Gasteiger partial charge in [-0.2, -0.15) is 0 Å². The normalized spacial score (nSPS) is 22.7. The number of carbonyl (C=O) groups is 2. The second-order valence-electron chi connectivity index (χ2n) is 10.5. The topological polar surface area (TPSA) is 98.6 Å². The van der Waals surface area contributed by atoms with E-state index in [4.69, 9.17) is 9.47 Å². The molecule has 2 amide bonds. The monoisotopic (exact) mass is 513 g/mol. The number of rotatable bonds is 2. The molecule has 5 rings (SSSR count). The maximum Gasteiger partial charge on any atom is 0.233 e. The van der Waals surface area contributed by atoms with Crippen LogP contribution in [0.4, 0.5) is 4.39 Å². The van der Waals surface area contributed by atoms with E-state index in [0.29, 0.717) is 77.3 Å². The smallest absolute Gasteiger partial charge is 0.233 e. The lowest BCUT2D eigenvalue weighted by molar-refractivity contribution is -0.147. The van der Waals surface area contributed by atoms with Gasteiger partial charge in [-0.3, -0.25) is 14.3 Å². The molecule has 1 N–H and O–H groups in total. The van der Waals surface area contributed by atoms with E-state index in [2.05, 4.69) is 15.6 Å². The molecule has 4 heterocycles. The number of hydrogen-bond acceptors (Lipinski definition) is 6. The van der Waals surface area contributed by atoms with E-state index >= 15 is 0 Å². The van der Waals surface area contributed by atoms with Gasteiger partial charge < -0.3 is 19.7 Å². The van der Waals surface area contributed by atoms with Gasteiger partial charge in [0.1, 0.15) is 11.5 Å². The minimum atomic E-state index is -0.787. The molecule has 2 bridgehead atoms. The Morgan fingerprint density at radius 3 is 2.59 bits per heavy atom. The van der Waals surface area contributed by atoms with Crippen LogP contribution in [0.5, 0.6) is 0 Å². The molecule has 200 valence electrons. The summed E-state index contributed by atoms with van der Waals surface area (Å²) in [6.07, 6.45) is 6.72. The van der Waals surface area contributed by atoms with E-state index in [0.717, 1.165) is 31.5 Å². The van der Waals surface area contributed by atoms with E-state index in [9.17, 15) is 14.0 Å². The van der Waals surface area contributed by atoms with Crippen molar-refractivity contribution in [2.45, 2.75) is 63.5 Å². The fraction of sp³-hybridized carbons (Fsp3) is 0.630. The summed E-state index contributed by atoms with van der Waals surface area (Å²) in [5, 5.41) is 11.4. The molecule has 2 fully saturated rings. The predicted octanol–water partition coefficient (Wildman–Crippen LogP) is 2.59. The van der Waals surface area contributed by atoms with Crippen LogP contribution >= 0.6 is 0 Å². The Labute approximate surface area is 216 Å². The van der Waals surface area contributed by atoms with Gasteiger partial charge in [0.25, 0.3) is 0 Å². The molecule has 37 heavy (non-hydrogen) atoms. The summed E-state index contributed by atoms with van der Waals surface area (Å²) in [4.78, 5) is 29.3. The van der Waals surface area contributed by atoms with E-state index in [1.807, 2.05) is 21.8 Å². The lowest BCUT2D eigenvalue weighted by Gasteiger charge is -2.45. The molecule has 0 atom stereocenters. The highest BCUT2D eigenvalue weighted by molar-refractivity contribution is 5.89. The van der Waals surface area contributed by atoms with Gasteiger partial charge in [0.05, 0.1) is 30.2 Å². The Morgan fingerprint density at radius 1 is 1.00 bits per heavy atom. The van der Waals surface area contributed by atoms with Crippen LogP contribution in [0.1, 0.15) is 56.2 Å². The summed E-state index contributed by atoms with van der Waals surface area (Å²) in [5.41, 5.74) is 0.200. The van der Waals surface area contributed by atoms with Crippen molar-refractivity contribution in [2.75, 3.05) is 39.5 Å². The second kappa shape index (κ2) is 11.3. The standard InChI is InChI=1S/C27H36FN5O4/c28-22-5-3-4-21(18-22)27(9-15-36-16-10-27)25(35)32-13-7-26(8-14-32)6-1-2-12-33-19-23(30-31-33)20-37-17-11-29-24(26)34/h3-5,18-19H,1-2,6-17,20H2,(H,29,34). The first-order chi connectivity index (χ1) is 18.0. The molecule has 1 aromatic heterocycles. The number of carbonyl (C=O) groups excluding carboxylic acids is 2. The number of amides is 2. The third kappa shape index (κ3) is 5.55. The van der Waals surface area contributed by atoms with Crippen LogP contribution in [0.25, 0.3) is 0 Å². The van der Waals surface area contributed by atoms with Gasteiger partial charge in [-0.1, -0.05) is 23.8 Å². The predicted molar refractivity (Wildman–Crippen MR) is 133 cm³/mol. The Balaban J connectivity index is 1.29. The maximum atomic E-state index is 14.1. The number of aromatic nitrogens is 3. The molecular weight excluding hydrogens is 477 g/mol. The Bertz CT molecular complexity index is 1090. The maximum absolute atomic E-state index is 14.1. The molecule has 9 nitrogen and oxygen atoms in total. The van der Waals surface area contributed by atoms with Gasteiger partial charge in [0, 0.05) is 39.4 Å². The van der Waals surface area contributed by atoms with Crippen LogP contribution in [0.3, 0.4) is 0 Å². The van der Waals surface area contributed by atoms with Crippen molar-refractivity contribution in [3.8, 4) is 0 Å². The zero-order valence-corrected chi connectivity index (χ0v) is 21.3. The average molecular weight is 514 g/mol. The van der Waals surface area contributed by atoms with E-state index in [-0.39, 0.29) is 17.6 Å². The molecule has 0 unspecified atom stereocenters. The average Bonchev–Trinajstić information content (AvgIpc) is 3.38. The molecule has 3 aliphatic heterocycles. The van der Waals surface area contributed by atoms with Crippen LogP contribution in [-0.4, -0.2) is 71.2 Å². The van der Waals surface area contributed by atoms with Gasteiger partial charge in [-0.15, -0.1) is 5.10 Å². The largest absolute Gasteiger partial charge is 0.381 e. The number of benzene rings is 1. The highest BCUT2D eigenvalue weighted by Gasteiger charge is 2.48. The zero-order chi connectivity index (χ0) is 25.7. The number of likely N-dealkylation sites (tertiary alicyclic amines) is 1. The Kier molecular flexibility index (Phi) is 7.85. The van der Waals surface area contributed by atoms with Crippen LogP contribution < -0.4 is 5.32 Å². The highest BCUT2D eigenvalue weighted by Crippen LogP contribution is 2.41. The molecule has 1 spiro atoms. The molecule has 0 radical (unpaired) electrons. The summed E-state index contributed by atoms with van der Waals surface area (Å²) in [5.74, 6) is -0.271. The molecule has 1 aromatic carbocycles. The van der Waals surface area contributed by atoms with Crippen molar-refractivity contribution < 1.29 is 23.5 Å². The SMILES string of the molecule is O=C1NCCOCc2cn(nn2)CCCCC12CCN(C(=O)C1(c3cccc(F)c3)CCOCC1)CC2. The Morgan fingerprint density at radius 2 is 1.81 bits per heavy atom. The summed E-state index contributed by atoms with van der Waals surface area (Å²) in [6, 6.07) is 6.41. The van der Waals surface area contributed by atoms with Gasteiger partial charge in [-0.05, 0) is 56.2 Å². The van der Waals surface area contributed by atoms with Crippen molar-refractivity contribution in [1.82, 2.24) is 25.2 Å². The Hall–Kier alpha value is -2.85. The summed E-state index contributed by atoms with van der Waals surface area (Å²) < 4.78 is 27.2. The fourth-order valence-corrected chi connectivity index (χ4v) is 6.02. The molecule has 10 heteroatoms. The van der Waals surface area contributed by atoms with E-state index in [1.165, 1.54) is 12.1 Å². The van der Waals surface area contributed by atoms with Gasteiger partial charge >= 0.3 is 0 Å². The van der Waals surface area contributed by atoms with Crippen LogP contribution in [0.2, 0.25) is 0 Å². The summed E-state index contributed by atoms with van der Waals surface area (Å²) in [6.45, 7) is 3.90. The zero-order valence-electron chi connectivity index (χ0n) is 21.3. The van der Waals surface area contributed by atoms with Crippen LogP contribution in [0, 0.1) is 11.2 Å². The first-order valence-corrected chi connectivity index (χ1v) is 13.4. The van der Waals surface area contributed by atoms with Crippen molar-refractivity contribution in [2.24, 2.45) is 5.41 Å². The third-order valence-electron chi connectivity index (χ3n) is 8.28. The first kappa shape index (κ1) is 25.8. The number of ether oxygens (including phenoxy) is 2. The molecule has 0 saturated carbocycles. The third-order valence-corrected chi connectivity index (χ3v) is 8.28. The number of hydrogen-bond donors (Lipinski definition) is 1. The van der Waals surface area contributed by atoms with Crippen molar-refractivity contribution in [3.63, 3.8) is 0 Å². The number of nitrogens with zero attached hydrogens (tertiary/aromatic N) is 4. The number of piperidine rings is 1. The number of nitrogens with one attached hydrogen (secondary N) is 1. The van der Waals surface area contributed by atoms with Gasteiger partial charge in [0.15, 0.2) is 0 Å². The van der Waals surface area contributed by atoms with E-state index < -0.39 is 10.8 Å². The summed E-state index contributed by atoms with van der Waals surface area (Å²) in [7, 11) is 0.